The van der Waals surface area contributed by atoms with E-state index in [1.54, 1.807) is 23.7 Å². The number of aliphatic hydroxyl groups is 1. The molecule has 0 atom stereocenters. The van der Waals surface area contributed by atoms with Crippen molar-refractivity contribution in [1.29, 1.82) is 0 Å². The molecule has 5 rings (SSSR count). The van der Waals surface area contributed by atoms with Crippen LogP contribution in [0.3, 0.4) is 0 Å². The highest BCUT2D eigenvalue weighted by atomic mass is 32.2. The van der Waals surface area contributed by atoms with E-state index in [0.29, 0.717) is 42.3 Å². The molecule has 0 radical (unpaired) electrons. The molecule has 0 bridgehead atoms. The van der Waals surface area contributed by atoms with Gasteiger partial charge >= 0.3 is 0 Å². The summed E-state index contributed by atoms with van der Waals surface area (Å²) in [4.78, 5) is 28.7. The molecule has 41 heavy (non-hydrogen) atoms. The lowest BCUT2D eigenvalue weighted by Gasteiger charge is -2.35. The number of halogens is 1. The molecule has 0 unspecified atom stereocenters. The number of carbonyl (C=O) groups excluding carboxylic acids is 1. The quantitative estimate of drug-likeness (QED) is 0.174. The number of nitrogens with one attached hydrogen (secondary N) is 3. The Bertz CT molecular complexity index is 1690. The van der Waals surface area contributed by atoms with E-state index in [0.717, 1.165) is 16.2 Å². The maximum absolute atomic E-state index is 14.9. The second kappa shape index (κ2) is 11.7. The van der Waals surface area contributed by atoms with E-state index in [9.17, 15) is 19.1 Å². The average molecular weight is 576 g/mol. The van der Waals surface area contributed by atoms with Crippen LogP contribution in [0.4, 0.5) is 21.6 Å². The number of likely N-dealkylation sites (tertiary alicyclic amines) is 1. The van der Waals surface area contributed by atoms with Gasteiger partial charge < -0.3 is 15.7 Å². The van der Waals surface area contributed by atoms with Gasteiger partial charge in [0, 0.05) is 43.2 Å². The number of amides is 1. The number of carbonyl (C=O) groups is 1. The molecule has 3 heterocycles. The molecule has 2 aromatic heterocycles. The number of aryl methyl sites for hydroxylation is 2. The lowest BCUT2D eigenvalue weighted by atomic mass is 10.0. The molecule has 1 aliphatic heterocycles. The molecule has 1 aliphatic rings. The minimum Gasteiger partial charge on any atom is -0.390 e. The highest BCUT2D eigenvalue weighted by Gasteiger charge is 2.25. The van der Waals surface area contributed by atoms with Crippen LogP contribution in [-0.4, -0.2) is 55.1 Å². The fourth-order valence-electron chi connectivity index (χ4n) is 4.53. The van der Waals surface area contributed by atoms with Crippen LogP contribution in [0.15, 0.2) is 69.7 Å². The van der Waals surface area contributed by atoms with Crippen molar-refractivity contribution in [1.82, 2.24) is 24.9 Å². The second-order valence-corrected chi connectivity index (χ2v) is 11.1. The van der Waals surface area contributed by atoms with Crippen LogP contribution in [0.2, 0.25) is 0 Å². The Balaban J connectivity index is 1.35. The monoisotopic (exact) mass is 575 g/mol. The standard InChI is InChI=1S/C29H30FN7O3S/c1-16-7-5-6-8-25(16)41-18(3)28(39)32-27-17(2)21(9-10-22(27)30)23-12-24(29(40)34-33-23)31-26-11-19(36(4)35-26)13-37-14-20(38)15-37/h5-12,20,38H,3,13-15H2,1-2,4H3,(H,32,39)(H,34,40)(H,31,33,35). The van der Waals surface area contributed by atoms with Crippen molar-refractivity contribution in [3.8, 4) is 11.3 Å². The number of rotatable bonds is 9. The van der Waals surface area contributed by atoms with Gasteiger partial charge in [-0.05, 0) is 49.2 Å². The fraction of sp³-hybridized carbons (Fsp3) is 0.241. The van der Waals surface area contributed by atoms with Gasteiger partial charge in [-0.3, -0.25) is 19.2 Å². The number of hydrogen-bond acceptors (Lipinski definition) is 8. The third-order valence-electron chi connectivity index (χ3n) is 6.88. The van der Waals surface area contributed by atoms with E-state index in [4.69, 9.17) is 0 Å². The number of thioether (sulfide) groups is 1. The first-order chi connectivity index (χ1) is 19.6. The summed E-state index contributed by atoms with van der Waals surface area (Å²) in [6, 6.07) is 13.8. The van der Waals surface area contributed by atoms with E-state index < -0.39 is 17.3 Å². The maximum Gasteiger partial charge on any atom is 0.287 e. The van der Waals surface area contributed by atoms with Gasteiger partial charge in [0.1, 0.15) is 11.5 Å². The zero-order valence-corrected chi connectivity index (χ0v) is 23.7. The Kier molecular flexibility index (Phi) is 8.06. The van der Waals surface area contributed by atoms with Gasteiger partial charge in [0.05, 0.1) is 28.1 Å². The van der Waals surface area contributed by atoms with E-state index in [-0.39, 0.29) is 22.4 Å². The van der Waals surface area contributed by atoms with Gasteiger partial charge in [-0.25, -0.2) is 9.49 Å². The zero-order valence-electron chi connectivity index (χ0n) is 22.9. The lowest BCUT2D eigenvalue weighted by Crippen LogP contribution is -2.50. The predicted octanol–water partition coefficient (Wildman–Crippen LogP) is 4.09. The van der Waals surface area contributed by atoms with Gasteiger partial charge in [0.2, 0.25) is 0 Å². The molecule has 2 aromatic carbocycles. The minimum atomic E-state index is -0.605. The van der Waals surface area contributed by atoms with E-state index in [1.165, 1.54) is 17.8 Å². The van der Waals surface area contributed by atoms with E-state index in [1.807, 2.05) is 44.3 Å². The summed E-state index contributed by atoms with van der Waals surface area (Å²) in [5.41, 5.74) is 3.02. The number of H-pyrrole nitrogens is 1. The summed E-state index contributed by atoms with van der Waals surface area (Å²) < 4.78 is 16.6. The van der Waals surface area contributed by atoms with Gasteiger partial charge in [-0.15, -0.1) is 0 Å². The first kappa shape index (κ1) is 28.3. The molecule has 212 valence electrons. The van der Waals surface area contributed by atoms with Crippen molar-refractivity contribution < 1.29 is 14.3 Å². The minimum absolute atomic E-state index is 0.00650. The Labute approximate surface area is 240 Å². The van der Waals surface area contributed by atoms with Crippen molar-refractivity contribution in [2.75, 3.05) is 23.7 Å². The van der Waals surface area contributed by atoms with Gasteiger partial charge in [-0.1, -0.05) is 36.5 Å². The maximum atomic E-state index is 14.9. The summed E-state index contributed by atoms with van der Waals surface area (Å²) in [6.45, 7) is 9.32. The van der Waals surface area contributed by atoms with E-state index >= 15 is 0 Å². The first-order valence-electron chi connectivity index (χ1n) is 12.9. The van der Waals surface area contributed by atoms with Gasteiger partial charge in [0.15, 0.2) is 5.82 Å². The van der Waals surface area contributed by atoms with Crippen molar-refractivity contribution >= 4 is 34.9 Å². The van der Waals surface area contributed by atoms with Gasteiger partial charge in [0.25, 0.3) is 11.5 Å². The number of aromatic amines is 1. The molecule has 1 saturated heterocycles. The summed E-state index contributed by atoms with van der Waals surface area (Å²) in [5.74, 6) is -0.653. The zero-order chi connectivity index (χ0) is 29.3. The lowest BCUT2D eigenvalue weighted by molar-refractivity contribution is -0.112. The summed E-state index contributed by atoms with van der Waals surface area (Å²) in [5, 5.41) is 26.3. The number of hydrogen-bond donors (Lipinski definition) is 4. The normalized spacial score (nSPS) is 13.6. The molecule has 12 heteroatoms. The molecule has 0 spiro atoms. The third-order valence-corrected chi connectivity index (χ3v) is 7.98. The van der Waals surface area contributed by atoms with Crippen LogP contribution >= 0.6 is 11.8 Å². The fourth-order valence-corrected chi connectivity index (χ4v) is 5.32. The summed E-state index contributed by atoms with van der Waals surface area (Å²) >= 11 is 1.21. The van der Waals surface area contributed by atoms with Crippen LogP contribution in [0, 0.1) is 19.7 Å². The molecule has 1 amide bonds. The van der Waals surface area contributed by atoms with Crippen LogP contribution in [0.5, 0.6) is 0 Å². The van der Waals surface area contributed by atoms with Crippen LogP contribution in [0.1, 0.15) is 16.8 Å². The third kappa shape index (κ3) is 6.24. The first-order valence-corrected chi connectivity index (χ1v) is 13.7. The Morgan fingerprint density at radius 3 is 2.71 bits per heavy atom. The number of β-amino-alcohol motifs (C(OH)–C–C–N with tert-alkyl or cyclic N) is 1. The SMILES string of the molecule is C=C(Sc1ccccc1C)C(=O)Nc1c(F)ccc(-c2cc(Nc3cc(CN4CC(O)C4)n(C)n3)c(=O)[nH]n2)c1C. The van der Waals surface area contributed by atoms with Crippen molar-refractivity contribution in [2.45, 2.75) is 31.4 Å². The number of nitrogens with zero attached hydrogens (tertiary/aromatic N) is 4. The number of aliphatic hydroxyl groups excluding tert-OH is 1. The Morgan fingerprint density at radius 2 is 1.98 bits per heavy atom. The second-order valence-electron chi connectivity index (χ2n) is 9.95. The van der Waals surface area contributed by atoms with Crippen molar-refractivity contribution in [3.05, 3.63) is 93.0 Å². The van der Waals surface area contributed by atoms with Crippen molar-refractivity contribution in [3.63, 3.8) is 0 Å². The number of benzene rings is 2. The molecular weight excluding hydrogens is 545 g/mol. The van der Waals surface area contributed by atoms with Crippen LogP contribution in [0.25, 0.3) is 11.3 Å². The van der Waals surface area contributed by atoms with Crippen LogP contribution in [-0.2, 0) is 18.4 Å². The molecular formula is C29H30FN7O3S. The van der Waals surface area contributed by atoms with Crippen molar-refractivity contribution in [2.24, 2.45) is 7.05 Å². The Morgan fingerprint density at radius 1 is 1.22 bits per heavy atom. The molecule has 0 aliphatic carbocycles. The smallest absolute Gasteiger partial charge is 0.287 e. The molecule has 4 aromatic rings. The summed E-state index contributed by atoms with van der Waals surface area (Å²) in [6.07, 6.45) is -0.297. The predicted molar refractivity (Wildman–Crippen MR) is 158 cm³/mol. The number of aromatic nitrogens is 4. The molecule has 0 saturated carbocycles. The Hall–Kier alpha value is -4.26. The highest BCUT2D eigenvalue weighted by Crippen LogP contribution is 2.33. The highest BCUT2D eigenvalue weighted by molar-refractivity contribution is 8.04. The molecule has 10 nitrogen and oxygen atoms in total. The molecule has 4 N–H and O–H groups in total. The van der Waals surface area contributed by atoms with Crippen LogP contribution < -0.4 is 16.2 Å². The van der Waals surface area contributed by atoms with E-state index in [2.05, 4.69) is 37.4 Å². The average Bonchev–Trinajstić information content (AvgIpc) is 3.26. The summed E-state index contributed by atoms with van der Waals surface area (Å²) in [7, 11) is 1.81. The van der Waals surface area contributed by atoms with Gasteiger partial charge in [-0.2, -0.15) is 10.2 Å². The largest absolute Gasteiger partial charge is 0.390 e. The number of anilines is 3. The topological polar surface area (TPSA) is 128 Å². The molecule has 1 fully saturated rings.